The number of rotatable bonds is 11. The van der Waals surface area contributed by atoms with Crippen molar-refractivity contribution in [3.63, 3.8) is 0 Å². The molecule has 178 valence electrons. The van der Waals surface area contributed by atoms with Crippen molar-refractivity contribution in [1.29, 1.82) is 0 Å². The van der Waals surface area contributed by atoms with Crippen LogP contribution in [0.15, 0.2) is 24.5 Å². The molecule has 0 fully saturated rings. The number of anilines is 1. The molecule has 0 aliphatic carbocycles. The molecule has 3 N–H and O–H groups in total. The summed E-state index contributed by atoms with van der Waals surface area (Å²) in [6.45, 7) is 0.533. The number of hydroxylamine groups is 2. The van der Waals surface area contributed by atoms with E-state index in [0.717, 1.165) is 48.4 Å². The average Bonchev–Trinajstić information content (AvgIpc) is 2.79. The number of nitrogens with zero attached hydrogens (tertiary/aromatic N) is 3. The zero-order valence-corrected chi connectivity index (χ0v) is 18.7. The first-order valence-corrected chi connectivity index (χ1v) is 11.1. The lowest BCUT2D eigenvalue weighted by Gasteiger charge is -2.27. The quantitative estimate of drug-likeness (QED) is 0.329. The molecular weight excluding hydrogens is 455 g/mol. The zero-order valence-electron chi connectivity index (χ0n) is 18.0. The van der Waals surface area contributed by atoms with Crippen LogP contribution in [0, 0.1) is 5.82 Å². The van der Waals surface area contributed by atoms with E-state index in [9.17, 15) is 24.2 Å². The molecular formula is C22H26ClFN4O5. The van der Waals surface area contributed by atoms with E-state index in [2.05, 4.69) is 21.4 Å². The van der Waals surface area contributed by atoms with E-state index in [1.807, 2.05) is 6.07 Å². The maximum Gasteiger partial charge on any atom is 0.361 e. The largest absolute Gasteiger partial charge is 0.480 e. The summed E-state index contributed by atoms with van der Waals surface area (Å²) >= 11 is 5.87. The van der Waals surface area contributed by atoms with E-state index in [1.165, 1.54) is 5.56 Å². The summed E-state index contributed by atoms with van der Waals surface area (Å²) in [5.41, 5.74) is 1.57. The number of aliphatic hydroxyl groups is 1. The number of carbonyl (C=O) groups excluding carboxylic acids is 1. The summed E-state index contributed by atoms with van der Waals surface area (Å²) < 4.78 is 14.0. The van der Waals surface area contributed by atoms with Crippen molar-refractivity contribution in [3.05, 3.63) is 52.2 Å². The predicted octanol–water partition coefficient (Wildman–Crippen LogP) is 2.86. The zero-order chi connectivity index (χ0) is 23.8. The number of unbranched alkanes of at least 4 members (excludes halogenated alkanes) is 1. The van der Waals surface area contributed by atoms with E-state index in [-0.39, 0.29) is 18.0 Å². The Bertz CT molecular complexity index is 973. The highest BCUT2D eigenvalue weighted by Gasteiger charge is 2.30. The number of carboxylic acid groups (broad SMARTS) is 1. The first-order valence-electron chi connectivity index (χ1n) is 10.7. The molecule has 0 aromatic carbocycles. The van der Waals surface area contributed by atoms with Crippen LogP contribution in [0.25, 0.3) is 0 Å². The van der Waals surface area contributed by atoms with Crippen molar-refractivity contribution in [1.82, 2.24) is 15.0 Å². The maximum atomic E-state index is 14.0. The monoisotopic (exact) mass is 480 g/mol. The Kier molecular flexibility index (Phi) is 8.93. The highest BCUT2D eigenvalue weighted by molar-refractivity contribution is 6.33. The van der Waals surface area contributed by atoms with Crippen molar-refractivity contribution in [3.8, 4) is 0 Å². The molecule has 33 heavy (non-hydrogen) atoms. The number of fused-ring (bicyclic) bond motifs is 1. The second-order valence-corrected chi connectivity index (χ2v) is 8.07. The number of aliphatic carboxylic acids is 1. The van der Waals surface area contributed by atoms with Crippen molar-refractivity contribution >= 4 is 29.4 Å². The lowest BCUT2D eigenvalue weighted by atomic mass is 10.1. The highest BCUT2D eigenvalue weighted by Crippen LogP contribution is 2.22. The molecule has 0 bridgehead atoms. The number of halogens is 2. The molecule has 2 aromatic rings. The van der Waals surface area contributed by atoms with Crippen molar-refractivity contribution in [2.75, 3.05) is 25.0 Å². The maximum absolute atomic E-state index is 14.0. The first-order chi connectivity index (χ1) is 15.9. The van der Waals surface area contributed by atoms with Gasteiger partial charge < -0.3 is 20.4 Å². The minimum Gasteiger partial charge on any atom is -0.480 e. The Balaban J connectivity index is 1.64. The molecule has 1 atom stereocenters. The number of aliphatic hydroxyl groups excluding tert-OH is 1. The Hall–Kier alpha value is -2.82. The summed E-state index contributed by atoms with van der Waals surface area (Å²) in [6.07, 6.45) is 5.59. The lowest BCUT2D eigenvalue weighted by Crippen LogP contribution is -2.43. The highest BCUT2D eigenvalue weighted by atomic mass is 35.5. The normalized spacial score (nSPS) is 13.8. The number of carbonyl (C=O) groups is 2. The molecule has 0 unspecified atom stereocenters. The molecule has 0 radical (unpaired) electrons. The van der Waals surface area contributed by atoms with E-state index in [1.54, 1.807) is 0 Å². The third-order valence-corrected chi connectivity index (χ3v) is 5.59. The van der Waals surface area contributed by atoms with Crippen LogP contribution in [0.5, 0.6) is 0 Å². The third kappa shape index (κ3) is 6.59. The molecule has 1 aliphatic heterocycles. The second-order valence-electron chi connectivity index (χ2n) is 7.66. The third-order valence-electron chi connectivity index (χ3n) is 5.31. The smallest absolute Gasteiger partial charge is 0.361 e. The molecule has 3 rings (SSSR count). The topological polar surface area (TPSA) is 125 Å². The van der Waals surface area contributed by atoms with Crippen LogP contribution in [-0.2, 0) is 22.5 Å². The van der Waals surface area contributed by atoms with Gasteiger partial charge in [0.15, 0.2) is 5.82 Å². The summed E-state index contributed by atoms with van der Waals surface area (Å²) in [6, 6.07) is 2.74. The fourth-order valence-corrected chi connectivity index (χ4v) is 3.84. The van der Waals surface area contributed by atoms with Gasteiger partial charge in [-0.05, 0) is 50.2 Å². The number of carboxylic acids is 1. The van der Waals surface area contributed by atoms with Crippen molar-refractivity contribution in [2.24, 2.45) is 0 Å². The van der Waals surface area contributed by atoms with Crippen LogP contribution in [0.1, 0.15) is 47.3 Å². The molecule has 9 nitrogen and oxygen atoms in total. The Labute approximate surface area is 195 Å². The van der Waals surface area contributed by atoms with Gasteiger partial charge in [0.1, 0.15) is 17.4 Å². The van der Waals surface area contributed by atoms with Gasteiger partial charge in [-0.15, -0.1) is 5.06 Å². The number of hydrogen-bond acceptors (Lipinski definition) is 8. The molecule has 0 amide bonds. The number of aromatic nitrogens is 2. The summed E-state index contributed by atoms with van der Waals surface area (Å²) in [5.74, 6) is -2.49. The van der Waals surface area contributed by atoms with Crippen LogP contribution in [0.3, 0.4) is 0 Å². The van der Waals surface area contributed by atoms with Crippen molar-refractivity contribution in [2.45, 2.75) is 44.6 Å². The van der Waals surface area contributed by atoms with Crippen LogP contribution in [-0.4, -0.2) is 62.9 Å². The minimum absolute atomic E-state index is 0.0657. The fourth-order valence-electron chi connectivity index (χ4n) is 3.62. The molecule has 2 aromatic heterocycles. The van der Waals surface area contributed by atoms with Crippen molar-refractivity contribution < 1.29 is 29.0 Å². The molecule has 0 saturated carbocycles. The second kappa shape index (κ2) is 11.9. The standard InChI is InChI=1S/C22H26ClFN4O5/c23-16-12-25-13-17(24)19(16)22(32)33-28(18(8-11-29)21(30)31)10-2-1-5-15-7-6-14-4-3-9-26-20(14)27-15/h6-7,12-13,18,29H,1-5,8-11H2,(H,26,27)(H,30,31)/t18-/m0/s1. The number of hydrogen-bond donors (Lipinski definition) is 3. The van der Waals surface area contributed by atoms with Crippen LogP contribution >= 0.6 is 11.6 Å². The van der Waals surface area contributed by atoms with Crippen LogP contribution < -0.4 is 5.32 Å². The first kappa shape index (κ1) is 24.8. The molecule has 11 heteroatoms. The fraction of sp³-hybridized carbons (Fsp3) is 0.455. The van der Waals surface area contributed by atoms with E-state index >= 15 is 0 Å². The van der Waals surface area contributed by atoms with E-state index < -0.39 is 36.0 Å². The van der Waals surface area contributed by atoms with Gasteiger partial charge in [0.2, 0.25) is 0 Å². The summed E-state index contributed by atoms with van der Waals surface area (Å²) in [5, 5.41) is 22.8. The van der Waals surface area contributed by atoms with Gasteiger partial charge >= 0.3 is 11.9 Å². The number of aryl methyl sites for hydroxylation is 2. The SMILES string of the molecule is O=C(ON(CCCCc1ccc2c(n1)NCCC2)[C@@H](CCO)C(=O)O)c1c(F)cncc1Cl. The molecule has 1 aliphatic rings. The van der Waals surface area contributed by atoms with Crippen LogP contribution in [0.4, 0.5) is 10.2 Å². The Morgan fingerprint density at radius 1 is 1.30 bits per heavy atom. The Morgan fingerprint density at radius 3 is 2.85 bits per heavy atom. The van der Waals surface area contributed by atoms with E-state index in [0.29, 0.717) is 19.3 Å². The van der Waals surface area contributed by atoms with Crippen LogP contribution in [0.2, 0.25) is 5.02 Å². The van der Waals surface area contributed by atoms with Gasteiger partial charge in [-0.25, -0.2) is 14.2 Å². The summed E-state index contributed by atoms with van der Waals surface area (Å²) in [4.78, 5) is 37.6. The average molecular weight is 481 g/mol. The Morgan fingerprint density at radius 2 is 2.12 bits per heavy atom. The minimum atomic E-state index is -1.30. The van der Waals surface area contributed by atoms with Gasteiger partial charge in [-0.2, -0.15) is 0 Å². The number of pyridine rings is 2. The van der Waals surface area contributed by atoms with Gasteiger partial charge in [-0.3, -0.25) is 9.78 Å². The number of nitrogens with one attached hydrogen (secondary N) is 1. The lowest BCUT2D eigenvalue weighted by molar-refractivity contribution is -0.174. The summed E-state index contributed by atoms with van der Waals surface area (Å²) in [7, 11) is 0. The van der Waals surface area contributed by atoms with E-state index in [4.69, 9.17) is 16.4 Å². The van der Waals surface area contributed by atoms with Gasteiger partial charge in [0.05, 0.1) is 11.2 Å². The van der Waals surface area contributed by atoms with Gasteiger partial charge in [0.25, 0.3) is 0 Å². The molecule has 0 spiro atoms. The predicted molar refractivity (Wildman–Crippen MR) is 118 cm³/mol. The van der Waals surface area contributed by atoms with Gasteiger partial charge in [-0.1, -0.05) is 17.7 Å². The molecule has 3 heterocycles. The van der Waals surface area contributed by atoms with Gasteiger partial charge in [0, 0.05) is 31.6 Å². The molecule has 0 saturated heterocycles.